The van der Waals surface area contributed by atoms with Crippen LogP contribution in [0.2, 0.25) is 0 Å². The number of hydrogen-bond donors (Lipinski definition) is 1. The number of nitrogens with zero attached hydrogens (tertiary/aromatic N) is 2. The molecule has 0 atom stereocenters. The van der Waals surface area contributed by atoms with Gasteiger partial charge in [0.05, 0.1) is 0 Å². The summed E-state index contributed by atoms with van der Waals surface area (Å²) in [4.78, 5) is 4.78. The van der Waals surface area contributed by atoms with Crippen LogP contribution in [0, 0.1) is 0 Å². The topological polar surface area (TPSA) is 29.9 Å². The second kappa shape index (κ2) is 5.97. The van der Waals surface area contributed by atoms with Gasteiger partial charge in [0.1, 0.15) is 11.5 Å². The Morgan fingerprint density at radius 3 is 2.30 bits per heavy atom. The quantitative estimate of drug-likeness (QED) is 0.585. The fourth-order valence-electron chi connectivity index (χ4n) is 2.71. The molecule has 0 amide bonds. The Balaban J connectivity index is 1.66. The van der Waals surface area contributed by atoms with Crippen molar-refractivity contribution in [3.05, 3.63) is 90.6 Å². The minimum Gasteiger partial charge on any atom is -0.340 e. The van der Waals surface area contributed by atoms with Gasteiger partial charge in [0.15, 0.2) is 0 Å². The lowest BCUT2D eigenvalue weighted by molar-refractivity contribution is 0.826. The van der Waals surface area contributed by atoms with Gasteiger partial charge in [-0.1, -0.05) is 48.5 Å². The molecule has 4 aromatic rings. The molecule has 0 aliphatic heterocycles. The van der Waals surface area contributed by atoms with E-state index in [0.29, 0.717) is 0 Å². The minimum atomic E-state index is 0.826. The Kier molecular flexibility index (Phi) is 3.53. The van der Waals surface area contributed by atoms with Crippen LogP contribution in [0.15, 0.2) is 85.1 Å². The molecule has 4 rings (SSSR count). The molecule has 2 aromatic carbocycles. The van der Waals surface area contributed by atoms with Crippen LogP contribution in [0.4, 0.5) is 11.5 Å². The smallest absolute Gasteiger partial charge is 0.142 e. The molecule has 0 saturated carbocycles. The number of nitrogens with one attached hydrogen (secondary N) is 1. The van der Waals surface area contributed by atoms with Gasteiger partial charge in [0, 0.05) is 23.8 Å². The van der Waals surface area contributed by atoms with Crippen molar-refractivity contribution in [2.24, 2.45) is 0 Å². The van der Waals surface area contributed by atoms with Gasteiger partial charge in [-0.3, -0.25) is 0 Å². The van der Waals surface area contributed by atoms with Crippen molar-refractivity contribution in [1.29, 1.82) is 0 Å². The molecule has 2 heterocycles. The van der Waals surface area contributed by atoms with Crippen LogP contribution in [-0.2, 0) is 6.54 Å². The molecular weight excluding hydrogens is 282 g/mol. The predicted octanol–water partition coefficient (Wildman–Crippen LogP) is 4.83. The Hall–Kier alpha value is -3.07. The van der Waals surface area contributed by atoms with Crippen LogP contribution in [0.5, 0.6) is 0 Å². The number of aromatic nitrogens is 2. The summed E-state index contributed by atoms with van der Waals surface area (Å²) in [6.07, 6.45) is 2.09. The summed E-state index contributed by atoms with van der Waals surface area (Å²) in [6, 6.07) is 26.8. The third-order valence-electron chi connectivity index (χ3n) is 3.85. The van der Waals surface area contributed by atoms with Crippen LogP contribution < -0.4 is 5.32 Å². The lowest BCUT2D eigenvalue weighted by Gasteiger charge is -2.08. The summed E-state index contributed by atoms with van der Waals surface area (Å²) in [7, 11) is 0. The number of hydrogen-bond acceptors (Lipinski definition) is 2. The average Bonchev–Trinajstić information content (AvgIpc) is 2.99. The van der Waals surface area contributed by atoms with E-state index in [0.717, 1.165) is 29.1 Å². The molecule has 2 aromatic heterocycles. The molecule has 0 saturated heterocycles. The van der Waals surface area contributed by atoms with Crippen molar-refractivity contribution in [3.8, 4) is 0 Å². The Morgan fingerprint density at radius 2 is 1.52 bits per heavy atom. The van der Waals surface area contributed by atoms with Crippen molar-refractivity contribution >= 4 is 22.5 Å². The van der Waals surface area contributed by atoms with Gasteiger partial charge in [-0.15, -0.1) is 0 Å². The third-order valence-corrected chi connectivity index (χ3v) is 3.85. The second-order valence-corrected chi connectivity index (χ2v) is 5.53. The number of benzene rings is 2. The van der Waals surface area contributed by atoms with E-state index in [2.05, 4.69) is 52.5 Å². The molecule has 0 aliphatic carbocycles. The maximum absolute atomic E-state index is 4.78. The molecule has 3 heteroatoms. The molecule has 1 N–H and O–H groups in total. The van der Waals surface area contributed by atoms with E-state index in [1.54, 1.807) is 0 Å². The van der Waals surface area contributed by atoms with E-state index in [1.165, 1.54) is 5.56 Å². The van der Waals surface area contributed by atoms with Gasteiger partial charge >= 0.3 is 0 Å². The zero-order chi connectivity index (χ0) is 15.5. The van der Waals surface area contributed by atoms with Crippen molar-refractivity contribution in [3.63, 3.8) is 0 Å². The maximum atomic E-state index is 4.78. The SMILES string of the molecule is c1ccc(Cn2ccc3ccc(Nc4ccccc4)nc32)cc1. The Bertz CT molecular complexity index is 911. The van der Waals surface area contributed by atoms with Gasteiger partial charge in [-0.2, -0.15) is 0 Å². The van der Waals surface area contributed by atoms with E-state index < -0.39 is 0 Å². The largest absolute Gasteiger partial charge is 0.340 e. The molecule has 0 bridgehead atoms. The number of rotatable bonds is 4. The monoisotopic (exact) mass is 299 g/mol. The van der Waals surface area contributed by atoms with Crippen LogP contribution in [0.3, 0.4) is 0 Å². The molecule has 0 spiro atoms. The normalized spacial score (nSPS) is 10.8. The molecular formula is C20H17N3. The predicted molar refractivity (Wildman–Crippen MR) is 95.0 cm³/mol. The summed E-state index contributed by atoms with van der Waals surface area (Å²) in [5, 5.41) is 4.50. The zero-order valence-corrected chi connectivity index (χ0v) is 12.7. The van der Waals surface area contributed by atoms with E-state index in [-0.39, 0.29) is 0 Å². The first-order valence-corrected chi connectivity index (χ1v) is 7.70. The second-order valence-electron chi connectivity index (χ2n) is 5.53. The molecule has 0 fully saturated rings. The Morgan fingerprint density at radius 1 is 0.783 bits per heavy atom. The van der Waals surface area contributed by atoms with Crippen molar-refractivity contribution in [2.45, 2.75) is 6.54 Å². The fraction of sp³-hybridized carbons (Fsp3) is 0.0500. The lowest BCUT2D eigenvalue weighted by atomic mass is 10.2. The van der Waals surface area contributed by atoms with Gasteiger partial charge in [0.2, 0.25) is 0 Å². The van der Waals surface area contributed by atoms with Crippen LogP contribution in [0.25, 0.3) is 11.0 Å². The zero-order valence-electron chi connectivity index (χ0n) is 12.7. The lowest BCUT2D eigenvalue weighted by Crippen LogP contribution is -2.00. The third kappa shape index (κ3) is 2.94. The van der Waals surface area contributed by atoms with E-state index in [9.17, 15) is 0 Å². The average molecular weight is 299 g/mol. The first-order valence-electron chi connectivity index (χ1n) is 7.70. The van der Waals surface area contributed by atoms with Crippen LogP contribution >= 0.6 is 0 Å². The molecule has 23 heavy (non-hydrogen) atoms. The number of para-hydroxylation sites is 1. The molecule has 3 nitrogen and oxygen atoms in total. The summed E-state index contributed by atoms with van der Waals surface area (Å²) in [6.45, 7) is 0.826. The van der Waals surface area contributed by atoms with Crippen molar-refractivity contribution in [1.82, 2.24) is 9.55 Å². The first-order chi connectivity index (χ1) is 11.4. The van der Waals surface area contributed by atoms with E-state index >= 15 is 0 Å². The van der Waals surface area contributed by atoms with E-state index in [1.807, 2.05) is 42.5 Å². The van der Waals surface area contributed by atoms with E-state index in [4.69, 9.17) is 4.98 Å². The van der Waals surface area contributed by atoms with Gasteiger partial charge < -0.3 is 9.88 Å². The van der Waals surface area contributed by atoms with Crippen LogP contribution in [0.1, 0.15) is 5.56 Å². The highest BCUT2D eigenvalue weighted by molar-refractivity contribution is 5.79. The Labute approximate surface area is 135 Å². The number of anilines is 2. The highest BCUT2D eigenvalue weighted by Crippen LogP contribution is 2.20. The molecule has 112 valence electrons. The maximum Gasteiger partial charge on any atom is 0.142 e. The number of fused-ring (bicyclic) bond motifs is 1. The van der Waals surface area contributed by atoms with Gasteiger partial charge in [-0.25, -0.2) is 4.98 Å². The summed E-state index contributed by atoms with van der Waals surface area (Å²) >= 11 is 0. The van der Waals surface area contributed by atoms with Crippen LogP contribution in [-0.4, -0.2) is 9.55 Å². The fourth-order valence-corrected chi connectivity index (χ4v) is 2.71. The van der Waals surface area contributed by atoms with Gasteiger partial charge in [0.25, 0.3) is 0 Å². The van der Waals surface area contributed by atoms with Crippen molar-refractivity contribution in [2.75, 3.05) is 5.32 Å². The molecule has 0 radical (unpaired) electrons. The molecule has 0 unspecified atom stereocenters. The summed E-state index contributed by atoms with van der Waals surface area (Å²) in [5.74, 6) is 0.858. The summed E-state index contributed by atoms with van der Waals surface area (Å²) in [5.41, 5.74) is 3.31. The summed E-state index contributed by atoms with van der Waals surface area (Å²) < 4.78 is 2.18. The highest BCUT2D eigenvalue weighted by atomic mass is 15.1. The standard InChI is InChI=1S/C20H17N3/c1-3-7-16(8-4-1)15-23-14-13-17-11-12-19(22-20(17)23)21-18-9-5-2-6-10-18/h1-14H,15H2,(H,21,22). The first kappa shape index (κ1) is 13.6. The number of pyridine rings is 1. The minimum absolute atomic E-state index is 0.826. The molecule has 0 aliphatic rings. The highest BCUT2D eigenvalue weighted by Gasteiger charge is 2.05. The van der Waals surface area contributed by atoms with Gasteiger partial charge in [-0.05, 0) is 35.9 Å². The van der Waals surface area contributed by atoms with Crippen molar-refractivity contribution < 1.29 is 0 Å².